The minimum atomic E-state index is 0.0370. The van der Waals surface area contributed by atoms with Gasteiger partial charge in [-0.25, -0.2) is 0 Å². The van der Waals surface area contributed by atoms with Gasteiger partial charge in [0.1, 0.15) is 0 Å². The van der Waals surface area contributed by atoms with Crippen LogP contribution >= 0.6 is 22.6 Å². The summed E-state index contributed by atoms with van der Waals surface area (Å²) in [5.41, 5.74) is 0. The fraction of sp³-hybridized carbons (Fsp3) is 0.857. The maximum absolute atomic E-state index is 10.5. The Balaban J connectivity index is 2.09. The first-order valence-electron chi connectivity index (χ1n) is 3.96. The highest BCUT2D eigenvalue weighted by atomic mass is 127. The number of hydrogen-bond donors (Lipinski definition) is 2. The second kappa shape index (κ2) is 4.92. The summed E-state index contributed by atoms with van der Waals surface area (Å²) >= 11 is 1.76. The quantitative estimate of drug-likeness (QED) is 0.450. The number of amides is 1. The molecule has 1 amide bonds. The number of hydrogen-bond acceptors (Lipinski definition) is 2. The monoisotopic (exact) mass is 268 g/mol. The Hall–Kier alpha value is 0.160. The minimum Gasteiger partial charge on any atom is -0.346 e. The van der Waals surface area contributed by atoms with Crippen molar-refractivity contribution in [2.24, 2.45) is 0 Å². The molecule has 0 aromatic rings. The van der Waals surface area contributed by atoms with Crippen LogP contribution in [-0.2, 0) is 0 Å². The van der Waals surface area contributed by atoms with Crippen molar-refractivity contribution in [2.75, 3.05) is 13.1 Å². The molecule has 1 unspecified atom stereocenters. The summed E-state index contributed by atoms with van der Waals surface area (Å²) in [6.45, 7) is 1.88. The van der Waals surface area contributed by atoms with Gasteiger partial charge < -0.3 is 10.6 Å². The molecule has 1 fully saturated rings. The van der Waals surface area contributed by atoms with E-state index < -0.39 is 0 Å². The molecule has 0 aliphatic carbocycles. The lowest BCUT2D eigenvalue weighted by Gasteiger charge is -2.22. The van der Waals surface area contributed by atoms with Gasteiger partial charge in [0.15, 0.2) is 0 Å². The van der Waals surface area contributed by atoms with Crippen LogP contribution in [0.5, 0.6) is 0 Å². The summed E-state index contributed by atoms with van der Waals surface area (Å²) in [5, 5.41) is 6.16. The van der Waals surface area contributed by atoms with Gasteiger partial charge in [-0.15, -0.1) is 0 Å². The summed E-state index contributed by atoms with van der Waals surface area (Å²) in [7, 11) is 0. The van der Waals surface area contributed by atoms with Gasteiger partial charge in [0.25, 0.3) is 3.91 Å². The van der Waals surface area contributed by atoms with Crippen molar-refractivity contribution in [3.8, 4) is 0 Å². The van der Waals surface area contributed by atoms with Gasteiger partial charge in [-0.3, -0.25) is 4.79 Å². The van der Waals surface area contributed by atoms with Crippen LogP contribution in [0.3, 0.4) is 0 Å². The molecule has 11 heavy (non-hydrogen) atoms. The van der Waals surface area contributed by atoms with Crippen molar-refractivity contribution in [2.45, 2.75) is 25.3 Å². The Morgan fingerprint density at radius 2 is 2.45 bits per heavy atom. The van der Waals surface area contributed by atoms with E-state index in [0.717, 1.165) is 13.1 Å². The predicted octanol–water partition coefficient (Wildman–Crippen LogP) is 1.27. The molecule has 2 N–H and O–H groups in total. The molecule has 0 aromatic carbocycles. The molecular weight excluding hydrogens is 255 g/mol. The molecule has 64 valence electrons. The molecule has 1 aliphatic heterocycles. The normalized spacial score (nSPS) is 24.6. The molecule has 1 heterocycles. The Labute approximate surface area is 80.4 Å². The molecule has 0 saturated carbocycles. The SMILES string of the molecule is O=C(I)NCC1CCCCN1. The number of carbonyl (C=O) groups is 1. The maximum atomic E-state index is 10.5. The summed E-state index contributed by atoms with van der Waals surface area (Å²) in [4.78, 5) is 10.5. The van der Waals surface area contributed by atoms with Crippen LogP contribution in [0.2, 0.25) is 0 Å². The third kappa shape index (κ3) is 3.91. The maximum Gasteiger partial charge on any atom is 0.280 e. The summed E-state index contributed by atoms with van der Waals surface area (Å²) < 4.78 is 0.0370. The van der Waals surface area contributed by atoms with E-state index in [2.05, 4.69) is 10.6 Å². The van der Waals surface area contributed by atoms with E-state index in [1.807, 2.05) is 0 Å². The molecule has 0 aromatic heterocycles. The Morgan fingerprint density at radius 1 is 1.64 bits per heavy atom. The molecule has 0 radical (unpaired) electrons. The van der Waals surface area contributed by atoms with Gasteiger partial charge in [-0.1, -0.05) is 6.42 Å². The Bertz CT molecular complexity index is 134. The van der Waals surface area contributed by atoms with Crippen molar-refractivity contribution < 1.29 is 4.79 Å². The molecular formula is C7H13IN2O. The summed E-state index contributed by atoms with van der Waals surface area (Å²) in [5.74, 6) is 0. The molecule has 3 nitrogen and oxygen atoms in total. The zero-order valence-electron chi connectivity index (χ0n) is 6.40. The highest BCUT2D eigenvalue weighted by Gasteiger charge is 2.11. The van der Waals surface area contributed by atoms with Gasteiger partial charge in [0.05, 0.1) is 0 Å². The van der Waals surface area contributed by atoms with Crippen molar-refractivity contribution in [1.82, 2.24) is 10.6 Å². The molecule has 1 rings (SSSR count). The highest BCUT2D eigenvalue weighted by Crippen LogP contribution is 2.05. The largest absolute Gasteiger partial charge is 0.346 e. The molecule has 0 spiro atoms. The fourth-order valence-electron chi connectivity index (χ4n) is 1.30. The zero-order valence-corrected chi connectivity index (χ0v) is 8.56. The van der Waals surface area contributed by atoms with E-state index >= 15 is 0 Å². The van der Waals surface area contributed by atoms with Crippen LogP contribution in [0.4, 0.5) is 4.79 Å². The summed E-state index contributed by atoms with van der Waals surface area (Å²) in [6, 6.07) is 0.502. The lowest BCUT2D eigenvalue weighted by atomic mass is 10.1. The number of carbonyl (C=O) groups excluding carboxylic acids is 1. The van der Waals surface area contributed by atoms with E-state index in [1.165, 1.54) is 19.3 Å². The third-order valence-corrected chi connectivity index (χ3v) is 2.28. The second-order valence-corrected chi connectivity index (χ2v) is 3.78. The van der Waals surface area contributed by atoms with Gasteiger partial charge in [0, 0.05) is 35.2 Å². The molecule has 1 atom stereocenters. The standard InChI is InChI=1S/C7H13IN2O/c8-7(11)10-5-6-3-1-2-4-9-6/h6,9H,1-5H2,(H,10,11). The van der Waals surface area contributed by atoms with Crippen LogP contribution in [0.25, 0.3) is 0 Å². The molecule has 4 heteroatoms. The Morgan fingerprint density at radius 3 is 3.00 bits per heavy atom. The number of rotatable bonds is 2. The number of piperidine rings is 1. The van der Waals surface area contributed by atoms with Gasteiger partial charge in [0.2, 0.25) is 0 Å². The van der Waals surface area contributed by atoms with E-state index in [0.29, 0.717) is 6.04 Å². The smallest absolute Gasteiger partial charge is 0.280 e. The third-order valence-electron chi connectivity index (χ3n) is 1.90. The first-order chi connectivity index (χ1) is 5.29. The molecule has 1 aliphatic rings. The van der Waals surface area contributed by atoms with Crippen LogP contribution in [0.15, 0.2) is 0 Å². The lowest BCUT2D eigenvalue weighted by Crippen LogP contribution is -2.42. The summed E-state index contributed by atoms with van der Waals surface area (Å²) in [6.07, 6.45) is 3.75. The minimum absolute atomic E-state index is 0.0370. The van der Waals surface area contributed by atoms with E-state index in [4.69, 9.17) is 0 Å². The fourth-order valence-corrected chi connectivity index (χ4v) is 1.52. The molecule has 1 saturated heterocycles. The van der Waals surface area contributed by atoms with Crippen LogP contribution < -0.4 is 10.6 Å². The number of halogens is 1. The van der Waals surface area contributed by atoms with E-state index in [9.17, 15) is 4.79 Å². The lowest BCUT2D eigenvalue weighted by molar-refractivity contribution is 0.260. The first kappa shape index (κ1) is 9.25. The van der Waals surface area contributed by atoms with Crippen LogP contribution in [0.1, 0.15) is 19.3 Å². The average Bonchev–Trinajstić information content (AvgIpc) is 2.03. The highest BCUT2D eigenvalue weighted by molar-refractivity contribution is 14.1. The first-order valence-corrected chi connectivity index (χ1v) is 5.03. The van der Waals surface area contributed by atoms with Crippen molar-refractivity contribution in [1.29, 1.82) is 0 Å². The number of nitrogens with one attached hydrogen (secondary N) is 2. The predicted molar refractivity (Wildman–Crippen MR) is 53.1 cm³/mol. The van der Waals surface area contributed by atoms with Crippen molar-refractivity contribution in [3.63, 3.8) is 0 Å². The van der Waals surface area contributed by atoms with Crippen LogP contribution in [0, 0.1) is 0 Å². The van der Waals surface area contributed by atoms with Crippen LogP contribution in [-0.4, -0.2) is 23.0 Å². The van der Waals surface area contributed by atoms with Gasteiger partial charge in [-0.2, -0.15) is 0 Å². The average molecular weight is 268 g/mol. The van der Waals surface area contributed by atoms with Crippen molar-refractivity contribution >= 4 is 26.5 Å². The molecule has 0 bridgehead atoms. The zero-order chi connectivity index (χ0) is 8.10. The van der Waals surface area contributed by atoms with E-state index in [-0.39, 0.29) is 3.91 Å². The second-order valence-electron chi connectivity index (χ2n) is 2.80. The topological polar surface area (TPSA) is 41.1 Å². The Kier molecular flexibility index (Phi) is 4.14. The van der Waals surface area contributed by atoms with Gasteiger partial charge >= 0.3 is 0 Å². The van der Waals surface area contributed by atoms with E-state index in [1.54, 1.807) is 22.6 Å². The van der Waals surface area contributed by atoms with Crippen molar-refractivity contribution in [3.05, 3.63) is 0 Å². The van der Waals surface area contributed by atoms with Gasteiger partial charge in [-0.05, 0) is 19.4 Å².